The SMILES string of the molecule is CCCN1C(=O)CC[C@]2(CNC(=O)c3ccc4ncccc4c3)CCC[C@@H]12. The predicted octanol–water partition coefficient (Wildman–Crippen LogP) is 3.54. The molecular weight excluding hydrogens is 338 g/mol. The van der Waals surface area contributed by atoms with Gasteiger partial charge in [0, 0.05) is 48.1 Å². The predicted molar refractivity (Wildman–Crippen MR) is 105 cm³/mol. The molecular formula is C22H27N3O2. The molecule has 142 valence electrons. The van der Waals surface area contributed by atoms with Gasteiger partial charge >= 0.3 is 0 Å². The minimum Gasteiger partial charge on any atom is -0.351 e. The summed E-state index contributed by atoms with van der Waals surface area (Å²) in [6, 6.07) is 9.76. The monoisotopic (exact) mass is 365 g/mol. The van der Waals surface area contributed by atoms with Crippen molar-refractivity contribution in [2.24, 2.45) is 5.41 Å². The maximum atomic E-state index is 12.8. The molecule has 27 heavy (non-hydrogen) atoms. The van der Waals surface area contributed by atoms with Gasteiger partial charge in [-0.1, -0.05) is 19.4 Å². The van der Waals surface area contributed by atoms with E-state index in [-0.39, 0.29) is 23.3 Å². The summed E-state index contributed by atoms with van der Waals surface area (Å²) >= 11 is 0. The molecule has 1 aliphatic heterocycles. The van der Waals surface area contributed by atoms with E-state index in [0.717, 1.165) is 49.6 Å². The van der Waals surface area contributed by atoms with Gasteiger partial charge in [-0.2, -0.15) is 0 Å². The van der Waals surface area contributed by atoms with Crippen LogP contribution in [0.1, 0.15) is 55.8 Å². The van der Waals surface area contributed by atoms with Gasteiger partial charge in [-0.05, 0) is 49.9 Å². The third kappa shape index (κ3) is 3.31. The molecule has 1 aliphatic carbocycles. The molecule has 0 spiro atoms. The normalized spacial score (nSPS) is 24.9. The molecule has 0 unspecified atom stereocenters. The zero-order valence-corrected chi connectivity index (χ0v) is 15.9. The lowest BCUT2D eigenvalue weighted by Gasteiger charge is -2.46. The van der Waals surface area contributed by atoms with E-state index in [1.165, 1.54) is 0 Å². The number of hydrogen-bond acceptors (Lipinski definition) is 3. The quantitative estimate of drug-likeness (QED) is 0.882. The second kappa shape index (κ2) is 7.29. The molecule has 0 bridgehead atoms. The van der Waals surface area contributed by atoms with Crippen molar-refractivity contribution >= 4 is 22.7 Å². The molecule has 2 heterocycles. The fourth-order valence-electron chi connectivity index (χ4n) is 4.96. The molecule has 1 N–H and O–H groups in total. The Kier molecular flexibility index (Phi) is 4.85. The first-order valence-electron chi connectivity index (χ1n) is 10.1. The maximum absolute atomic E-state index is 12.8. The zero-order valence-electron chi connectivity index (χ0n) is 15.9. The van der Waals surface area contributed by atoms with Crippen molar-refractivity contribution in [3.8, 4) is 0 Å². The number of benzene rings is 1. The van der Waals surface area contributed by atoms with E-state index < -0.39 is 0 Å². The van der Waals surface area contributed by atoms with Gasteiger partial charge in [-0.3, -0.25) is 14.6 Å². The summed E-state index contributed by atoms with van der Waals surface area (Å²) in [5.74, 6) is 0.243. The van der Waals surface area contributed by atoms with Gasteiger partial charge in [0.1, 0.15) is 0 Å². The minimum absolute atomic E-state index is 0.0388. The van der Waals surface area contributed by atoms with Crippen LogP contribution >= 0.6 is 0 Å². The first kappa shape index (κ1) is 18.0. The van der Waals surface area contributed by atoms with Crippen LogP contribution in [0, 0.1) is 5.41 Å². The number of piperidine rings is 1. The number of pyridine rings is 1. The first-order chi connectivity index (χ1) is 13.1. The number of carbonyl (C=O) groups excluding carboxylic acids is 2. The van der Waals surface area contributed by atoms with Crippen LogP contribution in [0.4, 0.5) is 0 Å². The minimum atomic E-state index is -0.0419. The topological polar surface area (TPSA) is 62.3 Å². The molecule has 2 atom stereocenters. The average molecular weight is 365 g/mol. The number of aromatic nitrogens is 1. The molecule has 2 fully saturated rings. The second-order valence-corrected chi connectivity index (χ2v) is 7.95. The van der Waals surface area contributed by atoms with Gasteiger partial charge in [0.15, 0.2) is 0 Å². The Morgan fingerprint density at radius 2 is 2.22 bits per heavy atom. The molecule has 5 nitrogen and oxygen atoms in total. The molecule has 5 heteroatoms. The largest absolute Gasteiger partial charge is 0.351 e. The lowest BCUT2D eigenvalue weighted by Crippen LogP contribution is -2.56. The highest BCUT2D eigenvalue weighted by molar-refractivity contribution is 5.97. The number of fused-ring (bicyclic) bond motifs is 2. The van der Waals surface area contributed by atoms with Gasteiger partial charge in [-0.15, -0.1) is 0 Å². The van der Waals surface area contributed by atoms with E-state index in [4.69, 9.17) is 0 Å². The summed E-state index contributed by atoms with van der Waals surface area (Å²) in [6.07, 6.45) is 7.52. The fraction of sp³-hybridized carbons (Fsp3) is 0.500. The van der Waals surface area contributed by atoms with E-state index in [2.05, 4.69) is 22.1 Å². The summed E-state index contributed by atoms with van der Waals surface area (Å²) < 4.78 is 0. The summed E-state index contributed by atoms with van der Waals surface area (Å²) in [5, 5.41) is 4.15. The highest BCUT2D eigenvalue weighted by Gasteiger charge is 2.49. The molecule has 2 aliphatic rings. The van der Waals surface area contributed by atoms with E-state index in [1.54, 1.807) is 6.20 Å². The Hall–Kier alpha value is -2.43. The smallest absolute Gasteiger partial charge is 0.251 e. The van der Waals surface area contributed by atoms with Crippen LogP contribution in [0.25, 0.3) is 10.9 Å². The number of carbonyl (C=O) groups is 2. The molecule has 2 aromatic rings. The number of rotatable bonds is 5. The molecule has 0 radical (unpaired) electrons. The molecule has 1 aromatic carbocycles. The molecule has 2 amide bonds. The third-order valence-corrected chi connectivity index (χ3v) is 6.32. The number of nitrogens with zero attached hydrogens (tertiary/aromatic N) is 2. The van der Waals surface area contributed by atoms with Crippen molar-refractivity contribution < 1.29 is 9.59 Å². The number of likely N-dealkylation sites (tertiary alicyclic amines) is 1. The average Bonchev–Trinajstić information content (AvgIpc) is 3.13. The standard InChI is InChI=1S/C22H27N3O2/c1-2-13-25-19-6-3-10-22(19,11-9-20(25)26)15-24-21(27)17-7-8-18-16(14-17)5-4-12-23-18/h4-5,7-8,12,14,19H,2-3,6,9-11,13,15H2,1H3,(H,24,27)/t19-,22+/m1/s1. The van der Waals surface area contributed by atoms with Gasteiger partial charge in [-0.25, -0.2) is 0 Å². The van der Waals surface area contributed by atoms with Crippen LogP contribution in [-0.2, 0) is 4.79 Å². The number of nitrogens with one attached hydrogen (secondary N) is 1. The molecule has 1 saturated carbocycles. The third-order valence-electron chi connectivity index (χ3n) is 6.32. The molecule has 4 rings (SSSR count). The zero-order chi connectivity index (χ0) is 18.9. The highest BCUT2D eigenvalue weighted by atomic mass is 16.2. The summed E-state index contributed by atoms with van der Waals surface area (Å²) in [5.41, 5.74) is 1.60. The highest BCUT2D eigenvalue weighted by Crippen LogP contribution is 2.47. The van der Waals surface area contributed by atoms with E-state index >= 15 is 0 Å². The van der Waals surface area contributed by atoms with Crippen LogP contribution in [0.5, 0.6) is 0 Å². The van der Waals surface area contributed by atoms with E-state index in [1.807, 2.05) is 30.3 Å². The van der Waals surface area contributed by atoms with Crippen LogP contribution in [0.15, 0.2) is 36.5 Å². The molecule has 1 aromatic heterocycles. The van der Waals surface area contributed by atoms with Gasteiger partial charge in [0.25, 0.3) is 5.91 Å². The van der Waals surface area contributed by atoms with Crippen LogP contribution in [-0.4, -0.2) is 40.8 Å². The number of hydrogen-bond donors (Lipinski definition) is 1. The van der Waals surface area contributed by atoms with E-state index in [0.29, 0.717) is 18.5 Å². The summed E-state index contributed by atoms with van der Waals surface area (Å²) in [6.45, 7) is 3.60. The lowest BCUT2D eigenvalue weighted by molar-refractivity contribution is -0.141. The van der Waals surface area contributed by atoms with Crippen molar-refractivity contribution in [1.29, 1.82) is 0 Å². The lowest BCUT2D eigenvalue weighted by atomic mass is 9.74. The fourth-order valence-corrected chi connectivity index (χ4v) is 4.96. The van der Waals surface area contributed by atoms with Gasteiger partial charge < -0.3 is 10.2 Å². The van der Waals surface area contributed by atoms with Crippen LogP contribution < -0.4 is 5.32 Å². The second-order valence-electron chi connectivity index (χ2n) is 7.95. The Morgan fingerprint density at radius 1 is 1.33 bits per heavy atom. The van der Waals surface area contributed by atoms with Crippen molar-refractivity contribution in [2.45, 2.75) is 51.5 Å². The summed E-state index contributed by atoms with van der Waals surface area (Å²) in [4.78, 5) is 31.6. The Morgan fingerprint density at radius 3 is 3.07 bits per heavy atom. The van der Waals surface area contributed by atoms with Crippen molar-refractivity contribution in [3.63, 3.8) is 0 Å². The maximum Gasteiger partial charge on any atom is 0.251 e. The van der Waals surface area contributed by atoms with Crippen molar-refractivity contribution in [1.82, 2.24) is 15.2 Å². The van der Waals surface area contributed by atoms with Gasteiger partial charge in [0.2, 0.25) is 5.91 Å². The first-order valence-corrected chi connectivity index (χ1v) is 10.1. The summed E-state index contributed by atoms with van der Waals surface area (Å²) in [7, 11) is 0. The van der Waals surface area contributed by atoms with Gasteiger partial charge in [0.05, 0.1) is 5.52 Å². The molecule has 1 saturated heterocycles. The van der Waals surface area contributed by atoms with Crippen molar-refractivity contribution in [3.05, 3.63) is 42.1 Å². The van der Waals surface area contributed by atoms with Crippen LogP contribution in [0.3, 0.4) is 0 Å². The number of amides is 2. The Bertz CT molecular complexity index is 866. The Balaban J connectivity index is 1.49. The van der Waals surface area contributed by atoms with Crippen LogP contribution in [0.2, 0.25) is 0 Å². The van der Waals surface area contributed by atoms with E-state index in [9.17, 15) is 9.59 Å². The van der Waals surface area contributed by atoms with Crippen molar-refractivity contribution in [2.75, 3.05) is 13.1 Å². The Labute approximate surface area is 160 Å².